The highest BCUT2D eigenvalue weighted by Gasteiger charge is 2.65. The Morgan fingerprint density at radius 3 is 2.41 bits per heavy atom. The Morgan fingerprint density at radius 1 is 1.32 bits per heavy atom. The lowest BCUT2D eigenvalue weighted by atomic mass is 10.1. The monoisotopic (exact) mass is 307 g/mol. The van der Waals surface area contributed by atoms with Crippen LogP contribution in [0.3, 0.4) is 0 Å². The second-order valence-corrected chi connectivity index (χ2v) is 6.78. The van der Waals surface area contributed by atoms with Crippen molar-refractivity contribution in [3.8, 4) is 0 Å². The number of amides is 1. The number of hydrogen-bond acceptors (Lipinski definition) is 3. The molecule has 1 fully saturated rings. The summed E-state index contributed by atoms with van der Waals surface area (Å²) in [5, 5.41) is 16.3. The summed E-state index contributed by atoms with van der Waals surface area (Å²) >= 11 is 0. The predicted octanol–water partition coefficient (Wildman–Crippen LogP) is 1.44. The van der Waals surface area contributed by atoms with E-state index in [2.05, 4.69) is 10.4 Å². The van der Waals surface area contributed by atoms with E-state index in [-0.39, 0.29) is 5.91 Å². The number of aryl methyl sites for hydroxylation is 2. The Hall–Kier alpha value is -1.85. The second-order valence-electron chi connectivity index (χ2n) is 6.78. The number of nitrogens with one attached hydrogen (secondary N) is 1. The quantitative estimate of drug-likeness (QED) is 0.779. The molecule has 1 amide bonds. The molecule has 22 heavy (non-hydrogen) atoms. The Balaban J connectivity index is 1.80. The first-order valence-corrected chi connectivity index (χ1v) is 7.67. The number of carbonyl (C=O) groups is 2. The summed E-state index contributed by atoms with van der Waals surface area (Å²) in [7, 11) is 1.93. The van der Waals surface area contributed by atoms with Crippen LogP contribution < -0.4 is 5.32 Å². The van der Waals surface area contributed by atoms with E-state index in [0.29, 0.717) is 6.54 Å². The van der Waals surface area contributed by atoms with Crippen LogP contribution in [0, 0.1) is 31.1 Å². The molecule has 1 aromatic heterocycles. The van der Waals surface area contributed by atoms with E-state index in [9.17, 15) is 9.59 Å². The van der Waals surface area contributed by atoms with E-state index >= 15 is 0 Å². The molecular formula is C16H25N3O3. The van der Waals surface area contributed by atoms with Crippen molar-refractivity contribution in [1.29, 1.82) is 0 Å². The van der Waals surface area contributed by atoms with Gasteiger partial charge in [-0.15, -0.1) is 0 Å². The van der Waals surface area contributed by atoms with Crippen LogP contribution in [-0.2, 0) is 23.1 Å². The minimum atomic E-state index is -0.883. The van der Waals surface area contributed by atoms with Gasteiger partial charge in [0.1, 0.15) is 0 Å². The van der Waals surface area contributed by atoms with Crippen LogP contribution in [0.5, 0.6) is 0 Å². The summed E-state index contributed by atoms with van der Waals surface area (Å²) in [4.78, 5) is 23.2. The third kappa shape index (κ3) is 2.87. The Labute approximate surface area is 130 Å². The largest absolute Gasteiger partial charge is 0.481 e. The summed E-state index contributed by atoms with van der Waals surface area (Å²) in [6.45, 7) is 8.26. The molecule has 0 aliphatic heterocycles. The van der Waals surface area contributed by atoms with Crippen molar-refractivity contribution in [2.24, 2.45) is 24.3 Å². The van der Waals surface area contributed by atoms with E-state index in [1.165, 1.54) is 5.56 Å². The van der Waals surface area contributed by atoms with E-state index in [1.54, 1.807) is 0 Å². The van der Waals surface area contributed by atoms with Crippen LogP contribution >= 0.6 is 0 Å². The fourth-order valence-electron chi connectivity index (χ4n) is 3.35. The minimum absolute atomic E-state index is 0.142. The zero-order valence-electron chi connectivity index (χ0n) is 13.9. The van der Waals surface area contributed by atoms with Gasteiger partial charge >= 0.3 is 5.97 Å². The molecule has 2 rings (SSSR count). The van der Waals surface area contributed by atoms with Crippen LogP contribution in [0.15, 0.2) is 0 Å². The van der Waals surface area contributed by atoms with Gasteiger partial charge < -0.3 is 10.4 Å². The molecular weight excluding hydrogens is 282 g/mol. The number of carboxylic acid groups (broad SMARTS) is 1. The maximum absolute atomic E-state index is 12.1. The number of carbonyl (C=O) groups excluding carboxylic acids is 1. The lowest BCUT2D eigenvalue weighted by Gasteiger charge is -2.06. The molecule has 0 bridgehead atoms. The van der Waals surface area contributed by atoms with E-state index in [0.717, 1.165) is 24.2 Å². The van der Waals surface area contributed by atoms with Crippen molar-refractivity contribution >= 4 is 11.9 Å². The van der Waals surface area contributed by atoms with Gasteiger partial charge in [0.05, 0.1) is 17.5 Å². The average molecular weight is 307 g/mol. The molecule has 0 saturated heterocycles. The van der Waals surface area contributed by atoms with Crippen LogP contribution in [0.1, 0.15) is 37.2 Å². The van der Waals surface area contributed by atoms with Gasteiger partial charge in [-0.25, -0.2) is 0 Å². The molecule has 1 heterocycles. The van der Waals surface area contributed by atoms with Crippen LogP contribution in [0.25, 0.3) is 0 Å². The number of carboxylic acids is 1. The molecule has 2 atom stereocenters. The first-order chi connectivity index (χ1) is 10.2. The first kappa shape index (κ1) is 16.5. The molecule has 0 aromatic carbocycles. The highest BCUT2D eigenvalue weighted by molar-refractivity contribution is 5.91. The molecule has 0 radical (unpaired) electrons. The molecule has 122 valence electrons. The van der Waals surface area contributed by atoms with Gasteiger partial charge in [-0.05, 0) is 37.7 Å². The Morgan fingerprint density at radius 2 is 1.95 bits per heavy atom. The summed E-state index contributed by atoms with van der Waals surface area (Å²) in [5.41, 5.74) is 2.97. The summed E-state index contributed by atoms with van der Waals surface area (Å²) in [5.74, 6) is -1.99. The van der Waals surface area contributed by atoms with E-state index < -0.39 is 23.2 Å². The molecule has 1 aromatic rings. The van der Waals surface area contributed by atoms with Gasteiger partial charge in [0.15, 0.2) is 0 Å². The lowest BCUT2D eigenvalue weighted by Crippen LogP contribution is -2.28. The van der Waals surface area contributed by atoms with Crippen LogP contribution in [0.2, 0.25) is 0 Å². The van der Waals surface area contributed by atoms with E-state index in [4.69, 9.17) is 5.11 Å². The normalized spacial score (nSPS) is 22.4. The SMILES string of the molecule is Cc1nn(C)c(C)c1CCCNC(=O)[C@@H]1[C@H](C(=O)O)C1(C)C. The van der Waals surface area contributed by atoms with Gasteiger partial charge in [-0.3, -0.25) is 14.3 Å². The molecule has 1 aliphatic rings. The second kappa shape index (κ2) is 5.74. The Bertz CT molecular complexity index is 604. The van der Waals surface area contributed by atoms with E-state index in [1.807, 2.05) is 39.4 Å². The molecule has 1 aliphatic carbocycles. The van der Waals surface area contributed by atoms with Gasteiger partial charge in [-0.1, -0.05) is 13.8 Å². The third-order valence-electron chi connectivity index (χ3n) is 4.94. The Kier molecular flexibility index (Phi) is 4.31. The minimum Gasteiger partial charge on any atom is -0.481 e. The molecule has 0 spiro atoms. The van der Waals surface area contributed by atoms with Crippen molar-refractivity contribution in [1.82, 2.24) is 15.1 Å². The maximum atomic E-state index is 12.1. The molecule has 6 nitrogen and oxygen atoms in total. The topological polar surface area (TPSA) is 84.2 Å². The number of aromatic nitrogens is 2. The number of aliphatic carboxylic acids is 1. The molecule has 6 heteroatoms. The molecule has 1 saturated carbocycles. The molecule has 2 N–H and O–H groups in total. The van der Waals surface area contributed by atoms with Crippen molar-refractivity contribution in [3.63, 3.8) is 0 Å². The lowest BCUT2D eigenvalue weighted by molar-refractivity contribution is -0.140. The number of hydrogen-bond donors (Lipinski definition) is 2. The van der Waals surface area contributed by atoms with Crippen LogP contribution in [0.4, 0.5) is 0 Å². The fourth-order valence-corrected chi connectivity index (χ4v) is 3.35. The van der Waals surface area contributed by atoms with Gasteiger partial charge in [-0.2, -0.15) is 5.10 Å². The zero-order chi connectivity index (χ0) is 16.7. The standard InChI is InChI=1S/C16H25N3O3/c1-9-11(10(2)19(5)18-9)7-6-8-17-14(20)12-13(15(21)22)16(12,3)4/h12-13H,6-8H2,1-5H3,(H,17,20)(H,21,22)/t12-,13+/m0/s1. The highest BCUT2D eigenvalue weighted by Crippen LogP contribution is 2.58. The predicted molar refractivity (Wildman–Crippen MR) is 82.4 cm³/mol. The zero-order valence-corrected chi connectivity index (χ0v) is 13.9. The summed E-state index contributed by atoms with van der Waals surface area (Å²) in [6.07, 6.45) is 1.69. The van der Waals surface area contributed by atoms with Crippen molar-refractivity contribution in [2.45, 2.75) is 40.5 Å². The van der Waals surface area contributed by atoms with Crippen molar-refractivity contribution in [2.75, 3.05) is 6.54 Å². The summed E-state index contributed by atoms with van der Waals surface area (Å²) < 4.78 is 1.87. The number of nitrogens with zero attached hydrogens (tertiary/aromatic N) is 2. The highest BCUT2D eigenvalue weighted by atomic mass is 16.4. The maximum Gasteiger partial charge on any atom is 0.307 e. The summed E-state index contributed by atoms with van der Waals surface area (Å²) in [6, 6.07) is 0. The smallest absolute Gasteiger partial charge is 0.307 e. The van der Waals surface area contributed by atoms with Gasteiger partial charge in [0, 0.05) is 19.3 Å². The molecule has 0 unspecified atom stereocenters. The van der Waals surface area contributed by atoms with Crippen molar-refractivity contribution < 1.29 is 14.7 Å². The average Bonchev–Trinajstić information content (AvgIpc) is 2.91. The number of rotatable bonds is 6. The first-order valence-electron chi connectivity index (χ1n) is 7.67. The third-order valence-corrected chi connectivity index (χ3v) is 4.94. The van der Waals surface area contributed by atoms with Crippen molar-refractivity contribution in [3.05, 3.63) is 17.0 Å². The van der Waals surface area contributed by atoms with Gasteiger partial charge in [0.2, 0.25) is 5.91 Å². The fraction of sp³-hybridized carbons (Fsp3) is 0.688. The van der Waals surface area contributed by atoms with Crippen LogP contribution in [-0.4, -0.2) is 33.3 Å². The van der Waals surface area contributed by atoms with Gasteiger partial charge in [0.25, 0.3) is 0 Å².